The van der Waals surface area contributed by atoms with E-state index in [1.165, 1.54) is 12.1 Å². The van der Waals surface area contributed by atoms with Gasteiger partial charge in [0.25, 0.3) is 0 Å². The van der Waals surface area contributed by atoms with Crippen LogP contribution in [0.25, 0.3) is 0 Å². The first-order chi connectivity index (χ1) is 12.5. The number of ether oxygens (including phenoxy) is 2. The topological polar surface area (TPSA) is 79.2 Å². The van der Waals surface area contributed by atoms with Gasteiger partial charge < -0.3 is 24.6 Å². The SMILES string of the molecule is COc1ccc(C2SCC(=O)N2CCc2ccc(O)c(O)c2)cc1OC. The predicted molar refractivity (Wildman–Crippen MR) is 99.9 cm³/mol. The van der Waals surface area contributed by atoms with E-state index in [0.29, 0.717) is 30.2 Å². The van der Waals surface area contributed by atoms with Gasteiger partial charge in [-0.15, -0.1) is 11.8 Å². The Kier molecular flexibility index (Phi) is 5.46. The summed E-state index contributed by atoms with van der Waals surface area (Å²) in [5.74, 6) is 1.49. The summed E-state index contributed by atoms with van der Waals surface area (Å²) in [6, 6.07) is 10.4. The first-order valence-corrected chi connectivity index (χ1v) is 9.22. The lowest BCUT2D eigenvalue weighted by Gasteiger charge is -2.25. The minimum atomic E-state index is -0.152. The molecule has 6 nitrogen and oxygen atoms in total. The number of hydrogen-bond acceptors (Lipinski definition) is 6. The van der Waals surface area contributed by atoms with Gasteiger partial charge in [0.15, 0.2) is 23.0 Å². The van der Waals surface area contributed by atoms with Crippen molar-refractivity contribution in [2.45, 2.75) is 11.8 Å². The van der Waals surface area contributed by atoms with Crippen molar-refractivity contribution in [3.05, 3.63) is 47.5 Å². The first kappa shape index (κ1) is 18.3. The van der Waals surface area contributed by atoms with Crippen LogP contribution in [-0.2, 0) is 11.2 Å². The summed E-state index contributed by atoms with van der Waals surface area (Å²) in [4.78, 5) is 14.2. The monoisotopic (exact) mass is 375 g/mol. The first-order valence-electron chi connectivity index (χ1n) is 8.17. The Morgan fingerprint density at radius 2 is 1.85 bits per heavy atom. The molecule has 2 aromatic rings. The molecule has 0 aromatic heterocycles. The van der Waals surface area contributed by atoms with E-state index in [1.807, 2.05) is 23.1 Å². The summed E-state index contributed by atoms with van der Waals surface area (Å²) in [7, 11) is 3.17. The number of thioether (sulfide) groups is 1. The average molecular weight is 375 g/mol. The highest BCUT2D eigenvalue weighted by molar-refractivity contribution is 8.00. The molecule has 0 spiro atoms. The number of carbonyl (C=O) groups excluding carboxylic acids is 1. The van der Waals surface area contributed by atoms with E-state index in [-0.39, 0.29) is 22.8 Å². The van der Waals surface area contributed by atoms with Crippen LogP contribution in [0.5, 0.6) is 23.0 Å². The third kappa shape index (κ3) is 3.67. The molecular weight excluding hydrogens is 354 g/mol. The highest BCUT2D eigenvalue weighted by Crippen LogP contribution is 2.41. The van der Waals surface area contributed by atoms with E-state index in [4.69, 9.17) is 9.47 Å². The Hall–Kier alpha value is -2.54. The van der Waals surface area contributed by atoms with Crippen LogP contribution in [0.15, 0.2) is 36.4 Å². The number of methoxy groups -OCH3 is 2. The van der Waals surface area contributed by atoms with Gasteiger partial charge in [-0.05, 0) is 41.8 Å². The summed E-state index contributed by atoms with van der Waals surface area (Å²) < 4.78 is 10.6. The number of benzene rings is 2. The number of nitrogens with zero attached hydrogens (tertiary/aromatic N) is 1. The quantitative estimate of drug-likeness (QED) is 0.756. The third-order valence-corrected chi connectivity index (χ3v) is 5.60. The Balaban J connectivity index is 1.77. The lowest BCUT2D eigenvalue weighted by atomic mass is 10.1. The Morgan fingerprint density at radius 3 is 2.54 bits per heavy atom. The van der Waals surface area contributed by atoms with Gasteiger partial charge in [-0.1, -0.05) is 12.1 Å². The zero-order valence-corrected chi connectivity index (χ0v) is 15.5. The van der Waals surface area contributed by atoms with Crippen LogP contribution < -0.4 is 9.47 Å². The number of rotatable bonds is 6. The van der Waals surface area contributed by atoms with Crippen LogP contribution in [0.1, 0.15) is 16.5 Å². The average Bonchev–Trinajstić information content (AvgIpc) is 3.02. The number of amides is 1. The minimum Gasteiger partial charge on any atom is -0.504 e. The zero-order valence-electron chi connectivity index (χ0n) is 14.6. The molecule has 1 aliphatic heterocycles. The second-order valence-corrected chi connectivity index (χ2v) is 7.01. The molecular formula is C19H21NO5S. The number of phenolic OH excluding ortho intramolecular Hbond substituents is 2. The molecule has 2 N–H and O–H groups in total. The third-order valence-electron chi connectivity index (χ3n) is 4.34. The summed E-state index contributed by atoms with van der Waals surface area (Å²) >= 11 is 1.58. The lowest BCUT2D eigenvalue weighted by Crippen LogP contribution is -2.30. The van der Waals surface area contributed by atoms with Crippen LogP contribution in [0.3, 0.4) is 0 Å². The fourth-order valence-electron chi connectivity index (χ4n) is 2.95. The van der Waals surface area contributed by atoms with E-state index >= 15 is 0 Å². The van der Waals surface area contributed by atoms with Crippen LogP contribution in [0.2, 0.25) is 0 Å². The highest BCUT2D eigenvalue weighted by Gasteiger charge is 2.33. The largest absolute Gasteiger partial charge is 0.504 e. The van der Waals surface area contributed by atoms with Crippen LogP contribution in [0.4, 0.5) is 0 Å². The van der Waals surface area contributed by atoms with Gasteiger partial charge >= 0.3 is 0 Å². The fraction of sp³-hybridized carbons (Fsp3) is 0.316. The van der Waals surface area contributed by atoms with Gasteiger partial charge in [-0.25, -0.2) is 0 Å². The molecule has 7 heteroatoms. The normalized spacial score (nSPS) is 16.8. The molecule has 1 atom stereocenters. The van der Waals surface area contributed by atoms with Crippen LogP contribution >= 0.6 is 11.8 Å². The van der Waals surface area contributed by atoms with Gasteiger partial charge in [0.1, 0.15) is 5.37 Å². The minimum absolute atomic E-state index is 0.0813. The molecule has 1 saturated heterocycles. The maximum atomic E-state index is 12.3. The molecule has 1 amide bonds. The van der Waals surface area contributed by atoms with Crippen molar-refractivity contribution < 1.29 is 24.5 Å². The smallest absolute Gasteiger partial charge is 0.233 e. The van der Waals surface area contributed by atoms with E-state index < -0.39 is 0 Å². The number of aromatic hydroxyl groups is 2. The molecule has 0 aliphatic carbocycles. The zero-order chi connectivity index (χ0) is 18.7. The molecule has 1 heterocycles. The Bertz CT molecular complexity index is 811. The fourth-order valence-corrected chi connectivity index (χ4v) is 4.16. The van der Waals surface area contributed by atoms with Crippen molar-refractivity contribution in [1.29, 1.82) is 0 Å². The number of hydrogen-bond donors (Lipinski definition) is 2. The molecule has 1 aliphatic rings. The standard InChI is InChI=1S/C19H21NO5S/c1-24-16-6-4-13(10-17(16)25-2)19-20(18(23)11-26-19)8-7-12-3-5-14(21)15(22)9-12/h3-6,9-10,19,21-22H,7-8,11H2,1-2H3. The Morgan fingerprint density at radius 1 is 1.08 bits per heavy atom. The number of phenols is 2. The highest BCUT2D eigenvalue weighted by atomic mass is 32.2. The molecule has 1 unspecified atom stereocenters. The summed E-state index contributed by atoms with van der Waals surface area (Å²) in [5.41, 5.74) is 1.84. The van der Waals surface area contributed by atoms with E-state index in [1.54, 1.807) is 32.0 Å². The molecule has 1 fully saturated rings. The summed E-state index contributed by atoms with van der Waals surface area (Å²) in [5, 5.41) is 18.9. The van der Waals surface area contributed by atoms with Gasteiger partial charge in [0, 0.05) is 6.54 Å². The second kappa shape index (κ2) is 7.78. The molecule has 26 heavy (non-hydrogen) atoms. The molecule has 0 radical (unpaired) electrons. The van der Waals surface area contributed by atoms with E-state index in [2.05, 4.69) is 0 Å². The predicted octanol–water partition coefficient (Wildman–Crippen LogP) is 2.93. The van der Waals surface area contributed by atoms with Crippen molar-refractivity contribution in [2.75, 3.05) is 26.5 Å². The van der Waals surface area contributed by atoms with Crippen LogP contribution in [-0.4, -0.2) is 47.5 Å². The summed E-state index contributed by atoms with van der Waals surface area (Å²) in [6.07, 6.45) is 0.587. The van der Waals surface area contributed by atoms with E-state index in [0.717, 1.165) is 11.1 Å². The van der Waals surface area contributed by atoms with Crippen molar-refractivity contribution >= 4 is 17.7 Å². The van der Waals surface area contributed by atoms with Gasteiger partial charge in [0.2, 0.25) is 5.91 Å². The lowest BCUT2D eigenvalue weighted by molar-refractivity contribution is -0.128. The van der Waals surface area contributed by atoms with E-state index in [9.17, 15) is 15.0 Å². The van der Waals surface area contributed by atoms with Crippen molar-refractivity contribution in [3.63, 3.8) is 0 Å². The second-order valence-electron chi connectivity index (χ2n) is 5.94. The molecule has 138 valence electrons. The molecule has 0 bridgehead atoms. The van der Waals surface area contributed by atoms with Gasteiger partial charge in [-0.3, -0.25) is 4.79 Å². The van der Waals surface area contributed by atoms with Crippen molar-refractivity contribution in [1.82, 2.24) is 4.90 Å². The van der Waals surface area contributed by atoms with Gasteiger partial charge in [0.05, 0.1) is 20.0 Å². The van der Waals surface area contributed by atoms with Crippen molar-refractivity contribution in [2.24, 2.45) is 0 Å². The van der Waals surface area contributed by atoms with Crippen molar-refractivity contribution in [3.8, 4) is 23.0 Å². The summed E-state index contributed by atoms with van der Waals surface area (Å²) in [6.45, 7) is 0.523. The molecule has 0 saturated carbocycles. The maximum Gasteiger partial charge on any atom is 0.233 e. The molecule has 2 aromatic carbocycles. The maximum absolute atomic E-state index is 12.3. The Labute approximate surface area is 156 Å². The van der Waals surface area contributed by atoms with Gasteiger partial charge in [-0.2, -0.15) is 0 Å². The molecule has 3 rings (SSSR count). The number of carbonyl (C=O) groups is 1. The van der Waals surface area contributed by atoms with Crippen LogP contribution in [0, 0.1) is 0 Å².